The van der Waals surface area contributed by atoms with Crippen molar-refractivity contribution in [1.29, 1.82) is 0 Å². The average molecular weight is 252 g/mol. The number of rotatable bonds is 3. The topological polar surface area (TPSA) is 58.9 Å². The molecular weight excluding hydrogens is 232 g/mol. The maximum absolute atomic E-state index is 10.5. The van der Waals surface area contributed by atoms with Crippen molar-refractivity contribution in [3.63, 3.8) is 0 Å². The van der Waals surface area contributed by atoms with Crippen LogP contribution in [0, 0.1) is 5.41 Å². The van der Waals surface area contributed by atoms with Crippen molar-refractivity contribution < 1.29 is 19.7 Å². The van der Waals surface area contributed by atoms with E-state index in [1.54, 1.807) is 20.3 Å². The fourth-order valence-corrected chi connectivity index (χ4v) is 2.61. The molecule has 2 N–H and O–H groups in total. The molecule has 0 aliphatic heterocycles. The van der Waals surface area contributed by atoms with Crippen molar-refractivity contribution in [3.05, 3.63) is 23.3 Å². The van der Waals surface area contributed by atoms with Gasteiger partial charge < -0.3 is 19.7 Å². The van der Waals surface area contributed by atoms with Crippen molar-refractivity contribution in [3.8, 4) is 11.5 Å². The van der Waals surface area contributed by atoms with E-state index in [9.17, 15) is 10.2 Å². The van der Waals surface area contributed by atoms with E-state index in [-0.39, 0.29) is 6.61 Å². The van der Waals surface area contributed by atoms with Gasteiger partial charge in [0.15, 0.2) is 0 Å². The maximum Gasteiger partial charge on any atom is 0.125 e. The molecule has 0 radical (unpaired) electrons. The largest absolute Gasteiger partial charge is 0.496 e. The highest BCUT2D eigenvalue weighted by Gasteiger charge is 2.41. The molecule has 0 unspecified atom stereocenters. The van der Waals surface area contributed by atoms with Crippen LogP contribution in [0.3, 0.4) is 0 Å². The Morgan fingerprint density at radius 1 is 1.28 bits per heavy atom. The van der Waals surface area contributed by atoms with Crippen LogP contribution in [0.1, 0.15) is 30.6 Å². The minimum atomic E-state index is -0.740. The van der Waals surface area contributed by atoms with E-state index < -0.39 is 11.5 Å². The lowest BCUT2D eigenvalue weighted by Crippen LogP contribution is -2.34. The van der Waals surface area contributed by atoms with E-state index >= 15 is 0 Å². The Morgan fingerprint density at radius 2 is 1.89 bits per heavy atom. The first kappa shape index (κ1) is 13.2. The van der Waals surface area contributed by atoms with Gasteiger partial charge in [-0.3, -0.25) is 0 Å². The predicted octanol–water partition coefficient (Wildman–Crippen LogP) is 1.68. The molecule has 2 atom stereocenters. The van der Waals surface area contributed by atoms with Crippen LogP contribution in [0.4, 0.5) is 0 Å². The fraction of sp³-hybridized carbons (Fsp3) is 0.571. The molecule has 0 aromatic heterocycles. The number of benzene rings is 1. The van der Waals surface area contributed by atoms with Gasteiger partial charge in [-0.05, 0) is 25.0 Å². The van der Waals surface area contributed by atoms with E-state index in [0.717, 1.165) is 29.7 Å². The Kier molecular flexibility index (Phi) is 3.50. The average Bonchev–Trinajstić information content (AvgIpc) is 2.41. The Morgan fingerprint density at radius 3 is 2.44 bits per heavy atom. The van der Waals surface area contributed by atoms with Gasteiger partial charge in [0.1, 0.15) is 11.5 Å². The van der Waals surface area contributed by atoms with Gasteiger partial charge in [0.25, 0.3) is 0 Å². The summed E-state index contributed by atoms with van der Waals surface area (Å²) in [7, 11) is 3.20. The molecule has 4 heteroatoms. The molecule has 4 nitrogen and oxygen atoms in total. The van der Waals surface area contributed by atoms with Gasteiger partial charge in [0, 0.05) is 16.5 Å². The zero-order valence-corrected chi connectivity index (χ0v) is 11.1. The van der Waals surface area contributed by atoms with Gasteiger partial charge in [0.05, 0.1) is 26.9 Å². The lowest BCUT2D eigenvalue weighted by molar-refractivity contribution is -0.0217. The third kappa shape index (κ3) is 1.85. The van der Waals surface area contributed by atoms with Gasteiger partial charge in [-0.2, -0.15) is 0 Å². The standard InChI is InChI=1S/C14H20O4/c1-14(8-15)7-6-9-10(17-2)4-5-11(18-3)12(9)13(14)16/h4-5,13,15-16H,6-8H2,1-3H3/t13-,14-/m1/s1. The second-order valence-electron chi connectivity index (χ2n) is 5.08. The minimum absolute atomic E-state index is 0.0476. The van der Waals surface area contributed by atoms with Crippen LogP contribution in [-0.2, 0) is 6.42 Å². The summed E-state index contributed by atoms with van der Waals surface area (Å²) in [5.74, 6) is 1.42. The molecule has 2 rings (SSSR count). The normalized spacial score (nSPS) is 26.6. The first-order chi connectivity index (χ1) is 8.57. The number of hydrogen-bond acceptors (Lipinski definition) is 4. The number of aliphatic hydroxyl groups excluding tert-OH is 2. The molecule has 0 heterocycles. The molecule has 1 aliphatic carbocycles. The first-order valence-electron chi connectivity index (χ1n) is 6.10. The van der Waals surface area contributed by atoms with E-state index in [2.05, 4.69) is 0 Å². The van der Waals surface area contributed by atoms with Crippen LogP contribution < -0.4 is 9.47 Å². The van der Waals surface area contributed by atoms with E-state index in [1.807, 2.05) is 13.0 Å². The summed E-state index contributed by atoms with van der Waals surface area (Å²) in [6, 6.07) is 3.65. The summed E-state index contributed by atoms with van der Waals surface area (Å²) in [5, 5.41) is 20.0. The van der Waals surface area contributed by atoms with Gasteiger partial charge in [0.2, 0.25) is 0 Å². The van der Waals surface area contributed by atoms with Crippen LogP contribution in [-0.4, -0.2) is 31.0 Å². The predicted molar refractivity (Wildman–Crippen MR) is 68.0 cm³/mol. The van der Waals surface area contributed by atoms with E-state index in [4.69, 9.17) is 9.47 Å². The van der Waals surface area contributed by atoms with E-state index in [1.165, 1.54) is 0 Å². The van der Waals surface area contributed by atoms with Crippen LogP contribution in [0.2, 0.25) is 0 Å². The third-order valence-corrected chi connectivity index (χ3v) is 3.95. The van der Waals surface area contributed by atoms with Crippen LogP contribution in [0.5, 0.6) is 11.5 Å². The smallest absolute Gasteiger partial charge is 0.125 e. The molecule has 1 aromatic rings. The molecule has 0 saturated heterocycles. The summed E-state index contributed by atoms with van der Waals surface area (Å²) in [6.45, 7) is 1.84. The Hall–Kier alpha value is -1.26. The molecule has 0 amide bonds. The third-order valence-electron chi connectivity index (χ3n) is 3.95. The fourth-order valence-electron chi connectivity index (χ4n) is 2.61. The summed E-state index contributed by atoms with van der Waals surface area (Å²) in [5.41, 5.74) is 1.21. The van der Waals surface area contributed by atoms with Crippen molar-refractivity contribution >= 4 is 0 Å². The highest BCUT2D eigenvalue weighted by Crippen LogP contribution is 2.49. The monoisotopic (exact) mass is 252 g/mol. The summed E-state index contributed by atoms with van der Waals surface area (Å²) in [6.07, 6.45) is 0.752. The Bertz CT molecular complexity index is 444. The molecule has 0 bridgehead atoms. The Labute approximate surface area is 107 Å². The van der Waals surface area contributed by atoms with Gasteiger partial charge in [-0.1, -0.05) is 6.92 Å². The lowest BCUT2D eigenvalue weighted by Gasteiger charge is -2.39. The van der Waals surface area contributed by atoms with E-state index in [0.29, 0.717) is 5.75 Å². The molecule has 1 aromatic carbocycles. The van der Waals surface area contributed by atoms with Gasteiger partial charge in [-0.25, -0.2) is 0 Å². The minimum Gasteiger partial charge on any atom is -0.496 e. The van der Waals surface area contributed by atoms with Crippen molar-refractivity contribution in [1.82, 2.24) is 0 Å². The van der Waals surface area contributed by atoms with Crippen molar-refractivity contribution in [2.24, 2.45) is 5.41 Å². The molecule has 1 aliphatic rings. The van der Waals surface area contributed by atoms with Gasteiger partial charge in [-0.15, -0.1) is 0 Å². The molecule has 0 spiro atoms. The highest BCUT2D eigenvalue weighted by atomic mass is 16.5. The number of hydrogen-bond donors (Lipinski definition) is 2. The summed E-state index contributed by atoms with van der Waals surface area (Å²) in [4.78, 5) is 0. The van der Waals surface area contributed by atoms with Crippen molar-refractivity contribution in [2.75, 3.05) is 20.8 Å². The number of fused-ring (bicyclic) bond motifs is 1. The molecule has 18 heavy (non-hydrogen) atoms. The number of methoxy groups -OCH3 is 2. The molecular formula is C14H20O4. The molecule has 100 valence electrons. The molecule has 0 fully saturated rings. The van der Waals surface area contributed by atoms with Gasteiger partial charge >= 0.3 is 0 Å². The van der Waals surface area contributed by atoms with Crippen molar-refractivity contribution in [2.45, 2.75) is 25.9 Å². The van der Waals surface area contributed by atoms with Crippen LogP contribution in [0.15, 0.2) is 12.1 Å². The maximum atomic E-state index is 10.5. The lowest BCUT2D eigenvalue weighted by atomic mass is 9.70. The quantitative estimate of drug-likeness (QED) is 0.859. The summed E-state index contributed by atoms with van der Waals surface area (Å²) < 4.78 is 10.7. The number of ether oxygens (including phenoxy) is 2. The summed E-state index contributed by atoms with van der Waals surface area (Å²) >= 11 is 0. The molecule has 0 saturated carbocycles. The highest BCUT2D eigenvalue weighted by molar-refractivity contribution is 5.52. The Balaban J connectivity index is 2.58. The number of aliphatic hydroxyl groups is 2. The second-order valence-corrected chi connectivity index (χ2v) is 5.08. The SMILES string of the molecule is COc1ccc(OC)c2c1CC[C@](C)(CO)[C@@H]2O. The van der Waals surface area contributed by atoms with Crippen LogP contribution in [0.25, 0.3) is 0 Å². The first-order valence-corrected chi connectivity index (χ1v) is 6.10. The zero-order valence-electron chi connectivity index (χ0n) is 11.1. The zero-order chi connectivity index (χ0) is 13.3. The van der Waals surface area contributed by atoms with Crippen LogP contribution >= 0.6 is 0 Å². The second kappa shape index (κ2) is 4.78.